The zero-order chi connectivity index (χ0) is 31.4. The second-order valence-corrected chi connectivity index (χ2v) is 15.5. The Labute approximate surface area is 284 Å². The van der Waals surface area contributed by atoms with E-state index in [4.69, 9.17) is 9.47 Å². The first-order valence-corrected chi connectivity index (χ1v) is 20.3. The fourth-order valence-electron chi connectivity index (χ4n) is 6.27. The molecule has 5 heteroatoms. The molecule has 0 aliphatic carbocycles. The number of nitrogens with zero attached hydrogens (tertiary/aromatic N) is 1. The highest BCUT2D eigenvalue weighted by atomic mass is 32.2. The van der Waals surface area contributed by atoms with Crippen LogP contribution in [-0.4, -0.2) is 35.9 Å². The highest BCUT2D eigenvalue weighted by Gasteiger charge is 2.32. The van der Waals surface area contributed by atoms with Crippen LogP contribution in [0.15, 0.2) is 48.5 Å². The van der Waals surface area contributed by atoms with E-state index in [1.807, 2.05) is 23.5 Å². The first-order valence-electron chi connectivity index (χ1n) is 18.6. The molecule has 250 valence electrons. The van der Waals surface area contributed by atoms with Crippen LogP contribution in [0.2, 0.25) is 0 Å². The predicted octanol–water partition coefficient (Wildman–Crippen LogP) is 12.8. The van der Waals surface area contributed by atoms with E-state index in [2.05, 4.69) is 67.3 Å². The van der Waals surface area contributed by atoms with Crippen molar-refractivity contribution in [2.45, 2.75) is 141 Å². The maximum absolute atomic E-state index is 6.13. The highest BCUT2D eigenvalue weighted by molar-refractivity contribution is 8.29. The SMILES string of the molecule is CCCCCCCCCCOc1ccc(C2=C(c3ccc(OCCCCCCCCCC)cc3)SC(N3CCCCC3)S2)cc1. The molecule has 2 aliphatic rings. The number of unbranched alkanes of at least 4 members (excludes halogenated alkanes) is 14. The second kappa shape index (κ2) is 22.1. The molecule has 0 spiro atoms. The number of thioether (sulfide) groups is 2. The zero-order valence-electron chi connectivity index (χ0n) is 28.5. The molecule has 1 fully saturated rings. The van der Waals surface area contributed by atoms with Crippen molar-refractivity contribution in [1.82, 2.24) is 4.90 Å². The minimum absolute atomic E-state index is 0.450. The fourth-order valence-corrected chi connectivity index (χ4v) is 9.44. The van der Waals surface area contributed by atoms with Gasteiger partial charge in [0.25, 0.3) is 0 Å². The van der Waals surface area contributed by atoms with Crippen LogP contribution in [0.1, 0.15) is 147 Å². The number of rotatable bonds is 23. The summed E-state index contributed by atoms with van der Waals surface area (Å²) in [5.41, 5.74) is 2.60. The van der Waals surface area contributed by atoms with E-state index in [0.29, 0.717) is 4.71 Å². The highest BCUT2D eigenvalue weighted by Crippen LogP contribution is 2.56. The molecule has 0 bridgehead atoms. The number of benzene rings is 2. The van der Waals surface area contributed by atoms with Gasteiger partial charge in [0.15, 0.2) is 0 Å². The van der Waals surface area contributed by atoms with Crippen LogP contribution >= 0.6 is 23.5 Å². The van der Waals surface area contributed by atoms with Crippen molar-refractivity contribution < 1.29 is 9.47 Å². The Kier molecular flexibility index (Phi) is 17.8. The van der Waals surface area contributed by atoms with Crippen molar-refractivity contribution in [1.29, 1.82) is 0 Å². The minimum atomic E-state index is 0.450. The van der Waals surface area contributed by atoms with Gasteiger partial charge in [0.2, 0.25) is 0 Å². The lowest BCUT2D eigenvalue weighted by atomic mass is 10.1. The van der Waals surface area contributed by atoms with Gasteiger partial charge in [0.1, 0.15) is 16.2 Å². The standard InChI is InChI=1S/C40H61NO2S2/c1-3-5-7-9-11-13-15-20-32-42-36-26-22-34(23-27-36)38-39(45-40(44-38)41-30-18-17-19-31-41)35-24-28-37(29-25-35)43-33-21-16-14-12-10-8-6-4-2/h22-29,40H,3-21,30-33H2,1-2H3. The van der Waals surface area contributed by atoms with Gasteiger partial charge in [-0.3, -0.25) is 4.90 Å². The van der Waals surface area contributed by atoms with E-state index in [-0.39, 0.29) is 0 Å². The zero-order valence-corrected chi connectivity index (χ0v) is 30.2. The van der Waals surface area contributed by atoms with Crippen LogP contribution < -0.4 is 9.47 Å². The van der Waals surface area contributed by atoms with Gasteiger partial charge >= 0.3 is 0 Å². The van der Waals surface area contributed by atoms with Crippen LogP contribution in [0.5, 0.6) is 11.5 Å². The molecule has 2 aliphatic heterocycles. The maximum atomic E-state index is 6.13. The molecule has 0 atom stereocenters. The van der Waals surface area contributed by atoms with Gasteiger partial charge in [-0.25, -0.2) is 0 Å². The van der Waals surface area contributed by atoms with Crippen LogP contribution in [-0.2, 0) is 0 Å². The van der Waals surface area contributed by atoms with Crippen molar-refractivity contribution in [3.8, 4) is 11.5 Å². The monoisotopic (exact) mass is 651 g/mol. The normalized spacial score (nSPS) is 16.0. The first kappa shape index (κ1) is 36.3. The summed E-state index contributed by atoms with van der Waals surface area (Å²) in [7, 11) is 0. The third-order valence-corrected chi connectivity index (χ3v) is 12.2. The number of hydrogen-bond donors (Lipinski definition) is 0. The Morgan fingerprint density at radius 2 is 0.889 bits per heavy atom. The molecule has 2 aromatic rings. The molecule has 2 aromatic carbocycles. The summed E-state index contributed by atoms with van der Waals surface area (Å²) in [4.78, 5) is 5.49. The molecular formula is C40H61NO2S2. The van der Waals surface area contributed by atoms with Gasteiger partial charge in [-0.15, -0.1) is 0 Å². The topological polar surface area (TPSA) is 21.7 Å². The van der Waals surface area contributed by atoms with Gasteiger partial charge in [-0.2, -0.15) is 0 Å². The van der Waals surface area contributed by atoms with Crippen molar-refractivity contribution in [3.63, 3.8) is 0 Å². The van der Waals surface area contributed by atoms with E-state index in [1.54, 1.807) is 0 Å². The molecule has 0 amide bonds. The average Bonchev–Trinajstić information content (AvgIpc) is 3.53. The third kappa shape index (κ3) is 13.2. The Bertz CT molecular complexity index is 1000. The van der Waals surface area contributed by atoms with Gasteiger partial charge < -0.3 is 9.47 Å². The Morgan fingerprint density at radius 1 is 0.511 bits per heavy atom. The molecule has 45 heavy (non-hydrogen) atoms. The van der Waals surface area contributed by atoms with Gasteiger partial charge in [0.05, 0.1) is 13.2 Å². The summed E-state index contributed by atoms with van der Waals surface area (Å²) in [6, 6.07) is 17.8. The number of piperidine rings is 1. The van der Waals surface area contributed by atoms with Gasteiger partial charge in [-0.05, 0) is 61.1 Å². The lowest BCUT2D eigenvalue weighted by Gasteiger charge is -2.31. The number of ether oxygens (including phenoxy) is 2. The lowest BCUT2D eigenvalue weighted by molar-refractivity contribution is 0.253. The summed E-state index contributed by atoms with van der Waals surface area (Å²) < 4.78 is 12.7. The van der Waals surface area contributed by atoms with E-state index in [9.17, 15) is 0 Å². The van der Waals surface area contributed by atoms with Crippen molar-refractivity contribution in [2.75, 3.05) is 26.3 Å². The number of hydrogen-bond acceptors (Lipinski definition) is 5. The van der Waals surface area contributed by atoms with Crippen molar-refractivity contribution in [3.05, 3.63) is 59.7 Å². The molecule has 0 unspecified atom stereocenters. The number of likely N-dealkylation sites (tertiary alicyclic amines) is 1. The van der Waals surface area contributed by atoms with Gasteiger partial charge in [-0.1, -0.05) is 158 Å². The van der Waals surface area contributed by atoms with E-state index < -0.39 is 0 Å². The third-order valence-electron chi connectivity index (χ3n) is 9.10. The first-order chi connectivity index (χ1) is 22.3. The summed E-state index contributed by atoms with van der Waals surface area (Å²) in [5, 5.41) is 0. The average molecular weight is 652 g/mol. The van der Waals surface area contributed by atoms with Crippen LogP contribution in [0, 0.1) is 0 Å². The van der Waals surface area contributed by atoms with E-state index in [1.165, 1.54) is 143 Å². The summed E-state index contributed by atoms with van der Waals surface area (Å²) in [5.74, 6) is 1.98. The van der Waals surface area contributed by atoms with Crippen LogP contribution in [0.3, 0.4) is 0 Å². The van der Waals surface area contributed by atoms with Crippen LogP contribution in [0.25, 0.3) is 9.81 Å². The summed E-state index contributed by atoms with van der Waals surface area (Å²) >= 11 is 4.08. The van der Waals surface area contributed by atoms with Gasteiger partial charge in [0, 0.05) is 22.9 Å². The second-order valence-electron chi connectivity index (χ2n) is 13.0. The van der Waals surface area contributed by atoms with E-state index >= 15 is 0 Å². The molecule has 0 saturated carbocycles. The molecule has 0 N–H and O–H groups in total. The molecular weight excluding hydrogens is 591 g/mol. The summed E-state index contributed by atoms with van der Waals surface area (Å²) in [6.45, 7) is 8.62. The Hall–Kier alpha value is -1.56. The fraction of sp³-hybridized carbons (Fsp3) is 0.650. The quantitative estimate of drug-likeness (QED) is 0.111. The minimum Gasteiger partial charge on any atom is -0.494 e. The Morgan fingerprint density at radius 3 is 1.29 bits per heavy atom. The molecule has 3 nitrogen and oxygen atoms in total. The molecule has 0 radical (unpaired) electrons. The lowest BCUT2D eigenvalue weighted by Crippen LogP contribution is -2.34. The largest absolute Gasteiger partial charge is 0.494 e. The van der Waals surface area contributed by atoms with Crippen LogP contribution in [0.4, 0.5) is 0 Å². The molecule has 4 rings (SSSR count). The maximum Gasteiger partial charge on any atom is 0.119 e. The van der Waals surface area contributed by atoms with Crippen molar-refractivity contribution >= 4 is 33.3 Å². The smallest absolute Gasteiger partial charge is 0.119 e. The predicted molar refractivity (Wildman–Crippen MR) is 200 cm³/mol. The summed E-state index contributed by atoms with van der Waals surface area (Å²) in [6.07, 6.45) is 25.2. The van der Waals surface area contributed by atoms with E-state index in [0.717, 1.165) is 37.6 Å². The molecule has 2 heterocycles. The molecule has 1 saturated heterocycles. The Balaban J connectivity index is 1.29. The van der Waals surface area contributed by atoms with Crippen molar-refractivity contribution in [2.24, 2.45) is 0 Å². The molecule has 0 aromatic heterocycles.